The van der Waals surface area contributed by atoms with E-state index >= 15 is 0 Å². The van der Waals surface area contributed by atoms with Gasteiger partial charge in [0.1, 0.15) is 17.9 Å². The number of aromatic nitrogens is 1. The number of sulfonamides is 1. The lowest BCUT2D eigenvalue weighted by atomic mass is 10.1. The molecule has 144 valence electrons. The molecule has 0 radical (unpaired) electrons. The summed E-state index contributed by atoms with van der Waals surface area (Å²) in [7, 11) is -3.62. The van der Waals surface area contributed by atoms with E-state index in [1.165, 1.54) is 0 Å². The van der Waals surface area contributed by atoms with Crippen LogP contribution >= 0.6 is 0 Å². The quantitative estimate of drug-likeness (QED) is 0.516. The molecule has 0 aliphatic carbocycles. The van der Waals surface area contributed by atoms with E-state index in [9.17, 15) is 8.42 Å². The molecule has 4 rings (SSSR count). The van der Waals surface area contributed by atoms with E-state index in [-0.39, 0.29) is 18.0 Å². The van der Waals surface area contributed by atoms with E-state index in [0.29, 0.717) is 5.75 Å². The minimum atomic E-state index is -3.62. The fourth-order valence-corrected chi connectivity index (χ4v) is 3.93. The topological polar surface area (TPSA) is 68.3 Å². The van der Waals surface area contributed by atoms with Crippen LogP contribution in [0, 0.1) is 11.8 Å². The van der Waals surface area contributed by atoms with Crippen LogP contribution in [-0.2, 0) is 10.0 Å². The molecule has 0 bridgehead atoms. The van der Waals surface area contributed by atoms with Crippen molar-refractivity contribution in [3.63, 3.8) is 0 Å². The second-order valence-corrected chi connectivity index (χ2v) is 8.07. The number of pyridine rings is 1. The van der Waals surface area contributed by atoms with Gasteiger partial charge in [-0.3, -0.25) is 4.98 Å². The Morgan fingerprint density at radius 3 is 2.55 bits per heavy atom. The summed E-state index contributed by atoms with van der Waals surface area (Å²) in [6.45, 7) is 0.152. The second-order valence-electron chi connectivity index (χ2n) is 6.31. The molecule has 1 heterocycles. The first-order valence-corrected chi connectivity index (χ1v) is 10.5. The van der Waals surface area contributed by atoms with Crippen molar-refractivity contribution in [2.45, 2.75) is 4.90 Å². The lowest BCUT2D eigenvalue weighted by molar-refractivity contribution is 0.374. The second kappa shape index (κ2) is 8.31. The third-order valence-electron chi connectivity index (χ3n) is 4.40. The highest BCUT2D eigenvalue weighted by molar-refractivity contribution is 7.89. The molecule has 0 amide bonds. The minimum absolute atomic E-state index is 0.00626. The highest BCUT2D eigenvalue weighted by Gasteiger charge is 2.13. The lowest BCUT2D eigenvalue weighted by Gasteiger charge is -2.06. The Hall–Kier alpha value is -3.40. The van der Waals surface area contributed by atoms with Crippen molar-refractivity contribution < 1.29 is 13.2 Å². The maximum Gasteiger partial charge on any atom is 0.241 e. The summed E-state index contributed by atoms with van der Waals surface area (Å²) in [5.41, 5.74) is 0.772. The first-order valence-electron chi connectivity index (χ1n) is 9.04. The zero-order chi connectivity index (χ0) is 20.1. The minimum Gasteiger partial charge on any atom is -0.479 e. The van der Waals surface area contributed by atoms with Crippen LogP contribution < -0.4 is 9.46 Å². The molecular formula is C23H18N2O3S. The Balaban J connectivity index is 1.36. The van der Waals surface area contributed by atoms with Gasteiger partial charge in [-0.2, -0.15) is 4.72 Å². The summed E-state index contributed by atoms with van der Waals surface area (Å²) in [5.74, 6) is 6.25. The Kier molecular flexibility index (Phi) is 5.43. The van der Waals surface area contributed by atoms with Gasteiger partial charge >= 0.3 is 0 Å². The van der Waals surface area contributed by atoms with Crippen LogP contribution in [0.4, 0.5) is 0 Å². The summed E-state index contributed by atoms with van der Waals surface area (Å²) in [6.07, 6.45) is 1.71. The molecule has 29 heavy (non-hydrogen) atoms. The number of fused-ring (bicyclic) bond motifs is 2. The molecule has 0 unspecified atom stereocenters. The van der Waals surface area contributed by atoms with Gasteiger partial charge in [0.25, 0.3) is 0 Å². The standard InChI is InChI=1S/C23H18N2O3S/c26-29(27,21-13-12-18-7-1-2-8-20(18)17-21)25-15-3-4-16-28-22-11-5-9-19-10-6-14-24-23(19)22/h1-2,5-14,17,25H,15-16H2. The number of ether oxygens (including phenoxy) is 1. The fraction of sp³-hybridized carbons (Fsp3) is 0.0870. The van der Waals surface area contributed by atoms with Crippen LogP contribution in [0.1, 0.15) is 0 Å². The maximum absolute atomic E-state index is 12.5. The van der Waals surface area contributed by atoms with E-state index < -0.39 is 10.0 Å². The van der Waals surface area contributed by atoms with Crippen molar-refractivity contribution in [3.05, 3.63) is 79.0 Å². The third-order valence-corrected chi connectivity index (χ3v) is 5.80. The normalized spacial score (nSPS) is 11.2. The fourth-order valence-electron chi connectivity index (χ4n) is 2.97. The molecule has 4 aromatic rings. The van der Waals surface area contributed by atoms with Gasteiger partial charge < -0.3 is 4.74 Å². The van der Waals surface area contributed by atoms with Crippen molar-refractivity contribution in [2.24, 2.45) is 0 Å². The Morgan fingerprint density at radius 1 is 0.862 bits per heavy atom. The number of nitrogens with zero attached hydrogens (tertiary/aromatic N) is 1. The smallest absolute Gasteiger partial charge is 0.241 e. The number of nitrogens with one attached hydrogen (secondary N) is 1. The summed E-state index contributed by atoms with van der Waals surface area (Å²) < 4.78 is 33.1. The third kappa shape index (κ3) is 4.37. The van der Waals surface area contributed by atoms with Crippen molar-refractivity contribution in [1.29, 1.82) is 0 Å². The summed E-state index contributed by atoms with van der Waals surface area (Å²) in [6, 6.07) is 22.2. The average molecular weight is 402 g/mol. The number of hydrogen-bond acceptors (Lipinski definition) is 4. The molecule has 1 aromatic heterocycles. The molecule has 0 saturated carbocycles. The van der Waals surface area contributed by atoms with E-state index in [2.05, 4.69) is 21.5 Å². The van der Waals surface area contributed by atoms with Gasteiger partial charge in [-0.15, -0.1) is 0 Å². The van der Waals surface area contributed by atoms with E-state index in [1.54, 1.807) is 24.4 Å². The largest absolute Gasteiger partial charge is 0.479 e. The number of benzene rings is 3. The molecule has 6 heteroatoms. The van der Waals surface area contributed by atoms with E-state index in [0.717, 1.165) is 21.7 Å². The monoisotopic (exact) mass is 402 g/mol. The van der Waals surface area contributed by atoms with Crippen LogP contribution in [0.2, 0.25) is 0 Å². The van der Waals surface area contributed by atoms with Crippen molar-refractivity contribution in [1.82, 2.24) is 9.71 Å². The summed E-state index contributed by atoms with van der Waals surface area (Å²) in [5, 5.41) is 2.85. The zero-order valence-corrected chi connectivity index (χ0v) is 16.3. The SMILES string of the molecule is O=S(=O)(NCC#CCOc1cccc2cccnc12)c1ccc2ccccc2c1. The van der Waals surface area contributed by atoms with Gasteiger partial charge in [-0.25, -0.2) is 8.42 Å². The molecule has 0 aliphatic rings. The van der Waals surface area contributed by atoms with Gasteiger partial charge in [0.2, 0.25) is 10.0 Å². The molecule has 1 N–H and O–H groups in total. The number of hydrogen-bond donors (Lipinski definition) is 1. The molecule has 3 aromatic carbocycles. The Morgan fingerprint density at radius 2 is 1.66 bits per heavy atom. The molecule has 5 nitrogen and oxygen atoms in total. The lowest BCUT2D eigenvalue weighted by Crippen LogP contribution is -2.24. The predicted molar refractivity (Wildman–Crippen MR) is 114 cm³/mol. The van der Waals surface area contributed by atoms with Crippen molar-refractivity contribution >= 4 is 31.7 Å². The van der Waals surface area contributed by atoms with Crippen molar-refractivity contribution in [2.75, 3.05) is 13.2 Å². The van der Waals surface area contributed by atoms with Crippen LogP contribution in [0.5, 0.6) is 5.75 Å². The van der Waals surface area contributed by atoms with Crippen LogP contribution in [0.15, 0.2) is 83.9 Å². The van der Waals surface area contributed by atoms with Gasteiger partial charge in [-0.1, -0.05) is 60.4 Å². The average Bonchev–Trinajstić information content (AvgIpc) is 2.76. The van der Waals surface area contributed by atoms with Crippen LogP contribution in [0.25, 0.3) is 21.7 Å². The molecule has 0 spiro atoms. The highest BCUT2D eigenvalue weighted by atomic mass is 32.2. The molecular weight excluding hydrogens is 384 g/mol. The zero-order valence-electron chi connectivity index (χ0n) is 15.5. The molecule has 0 aliphatic heterocycles. The number of para-hydroxylation sites is 1. The van der Waals surface area contributed by atoms with Crippen LogP contribution in [-0.4, -0.2) is 26.6 Å². The maximum atomic E-state index is 12.5. The Labute approximate surface area is 169 Å². The molecule has 0 fully saturated rings. The van der Waals surface area contributed by atoms with E-state index in [4.69, 9.17) is 4.74 Å². The van der Waals surface area contributed by atoms with Gasteiger partial charge in [0.15, 0.2) is 0 Å². The molecule has 0 atom stereocenters. The summed E-state index contributed by atoms with van der Waals surface area (Å²) in [4.78, 5) is 4.54. The Bertz CT molecular complexity index is 1330. The highest BCUT2D eigenvalue weighted by Crippen LogP contribution is 2.22. The number of rotatable bonds is 5. The first kappa shape index (κ1) is 18.9. The van der Waals surface area contributed by atoms with Gasteiger partial charge in [-0.05, 0) is 35.0 Å². The van der Waals surface area contributed by atoms with E-state index in [1.807, 2.05) is 54.6 Å². The first-order chi connectivity index (χ1) is 14.1. The van der Waals surface area contributed by atoms with Crippen molar-refractivity contribution in [3.8, 4) is 17.6 Å². The predicted octanol–water partition coefficient (Wildman–Crippen LogP) is 3.75. The van der Waals surface area contributed by atoms with Gasteiger partial charge in [0.05, 0.1) is 11.4 Å². The van der Waals surface area contributed by atoms with Gasteiger partial charge in [0, 0.05) is 11.6 Å². The molecule has 0 saturated heterocycles. The van der Waals surface area contributed by atoms with Crippen LogP contribution in [0.3, 0.4) is 0 Å². The summed E-state index contributed by atoms with van der Waals surface area (Å²) >= 11 is 0.